The molecule has 30 heavy (non-hydrogen) atoms. The van der Waals surface area contributed by atoms with Gasteiger partial charge in [-0.2, -0.15) is 4.98 Å². The lowest BCUT2D eigenvalue weighted by Gasteiger charge is -2.18. The lowest BCUT2D eigenvalue weighted by molar-refractivity contribution is -0.119. The second-order valence-electron chi connectivity index (χ2n) is 7.47. The molecule has 1 unspecified atom stereocenters. The Morgan fingerprint density at radius 3 is 2.83 bits per heavy atom. The number of pyridine rings is 1. The van der Waals surface area contributed by atoms with E-state index in [2.05, 4.69) is 39.7 Å². The van der Waals surface area contributed by atoms with E-state index in [9.17, 15) is 4.79 Å². The molecule has 6 heteroatoms. The summed E-state index contributed by atoms with van der Waals surface area (Å²) in [6, 6.07) is 16.0. The lowest BCUT2D eigenvalue weighted by Crippen LogP contribution is -2.20. The topological polar surface area (TPSA) is 68.5 Å². The van der Waals surface area contributed by atoms with Crippen LogP contribution in [0.5, 0.6) is 0 Å². The van der Waals surface area contributed by atoms with Crippen LogP contribution in [0.4, 0.5) is 5.95 Å². The van der Waals surface area contributed by atoms with Crippen LogP contribution in [0.2, 0.25) is 0 Å². The van der Waals surface area contributed by atoms with Gasteiger partial charge in [0.1, 0.15) is 12.4 Å². The van der Waals surface area contributed by atoms with E-state index in [1.54, 1.807) is 4.52 Å². The molecule has 6 nitrogen and oxygen atoms in total. The molecule has 0 radical (unpaired) electrons. The van der Waals surface area contributed by atoms with Crippen molar-refractivity contribution in [2.45, 2.75) is 39.7 Å². The number of aromatic nitrogens is 3. The summed E-state index contributed by atoms with van der Waals surface area (Å²) >= 11 is 0. The normalized spacial score (nSPS) is 14.7. The van der Waals surface area contributed by atoms with Crippen LogP contribution >= 0.6 is 0 Å². The van der Waals surface area contributed by atoms with Crippen molar-refractivity contribution in [3.8, 4) is 0 Å². The molecule has 1 aliphatic carbocycles. The molecule has 0 saturated heterocycles. The molecular formula is C24H26N4O2. The summed E-state index contributed by atoms with van der Waals surface area (Å²) in [6.45, 7) is 4.40. The zero-order valence-corrected chi connectivity index (χ0v) is 17.3. The molecule has 0 bridgehead atoms. The molecule has 0 fully saturated rings. The molecule has 0 aliphatic heterocycles. The molecule has 1 amide bonds. The summed E-state index contributed by atoms with van der Waals surface area (Å²) in [5.74, 6) is 1.10. The van der Waals surface area contributed by atoms with E-state index in [1.807, 2.05) is 50.2 Å². The number of nitrogens with one attached hydrogen (secondary N) is 1. The largest absolute Gasteiger partial charge is 0.493 e. The number of hydrogen-bond acceptors (Lipinski definition) is 4. The molecule has 0 spiro atoms. The Hall–Kier alpha value is -3.41. The predicted octanol–water partition coefficient (Wildman–Crippen LogP) is 4.99. The SMILES string of the molecule is CCC(C)C(=O)Nc1nc2cccc(C3=C(OCc4ccccc4)CCC=C3)n2n1. The van der Waals surface area contributed by atoms with Gasteiger partial charge in [-0.3, -0.25) is 10.1 Å². The van der Waals surface area contributed by atoms with Crippen LogP contribution in [0, 0.1) is 5.92 Å². The smallest absolute Gasteiger partial charge is 0.249 e. The van der Waals surface area contributed by atoms with Crippen molar-refractivity contribution < 1.29 is 9.53 Å². The maximum absolute atomic E-state index is 12.2. The van der Waals surface area contributed by atoms with Gasteiger partial charge < -0.3 is 4.74 Å². The number of anilines is 1. The highest BCUT2D eigenvalue weighted by atomic mass is 16.5. The standard InChI is InChI=1S/C24H26N4O2/c1-3-17(2)23(29)26-24-25-22-15-9-13-20(28(22)27-24)19-12-7-8-14-21(19)30-16-18-10-5-4-6-11-18/h4-7,9-13,15,17H,3,8,14,16H2,1-2H3,(H,26,27,29). The fraction of sp³-hybridized carbons (Fsp3) is 0.292. The summed E-state index contributed by atoms with van der Waals surface area (Å²) in [7, 11) is 0. The molecule has 0 saturated carbocycles. The Morgan fingerprint density at radius 1 is 1.20 bits per heavy atom. The summed E-state index contributed by atoms with van der Waals surface area (Å²) in [5, 5.41) is 7.37. The monoisotopic (exact) mass is 402 g/mol. The highest BCUT2D eigenvalue weighted by Gasteiger charge is 2.18. The number of nitrogens with zero attached hydrogens (tertiary/aromatic N) is 3. The maximum atomic E-state index is 12.2. The fourth-order valence-electron chi connectivity index (χ4n) is 3.35. The number of amides is 1. The van der Waals surface area contributed by atoms with Crippen LogP contribution < -0.4 is 5.32 Å². The predicted molar refractivity (Wildman–Crippen MR) is 118 cm³/mol. The number of ether oxygens (including phenoxy) is 1. The van der Waals surface area contributed by atoms with Gasteiger partial charge in [-0.25, -0.2) is 4.52 Å². The number of rotatable bonds is 7. The van der Waals surface area contributed by atoms with Crippen molar-refractivity contribution >= 4 is 23.1 Å². The second kappa shape index (κ2) is 8.95. The zero-order valence-electron chi connectivity index (χ0n) is 17.3. The number of benzene rings is 1. The molecule has 3 aromatic rings. The molecule has 2 aromatic heterocycles. The van der Waals surface area contributed by atoms with Gasteiger partial charge in [0, 0.05) is 17.9 Å². The summed E-state index contributed by atoms with van der Waals surface area (Å²) < 4.78 is 7.97. The molecule has 2 heterocycles. The van der Waals surface area contributed by atoms with Gasteiger partial charge in [-0.1, -0.05) is 62.4 Å². The first kappa shape index (κ1) is 19.9. The number of carbonyl (C=O) groups is 1. The van der Waals surface area contributed by atoms with Gasteiger partial charge in [-0.15, -0.1) is 5.10 Å². The number of fused-ring (bicyclic) bond motifs is 1. The Morgan fingerprint density at radius 2 is 2.03 bits per heavy atom. The third-order valence-corrected chi connectivity index (χ3v) is 5.31. The lowest BCUT2D eigenvalue weighted by atomic mass is 10.0. The Labute approximate surface area is 176 Å². The summed E-state index contributed by atoms with van der Waals surface area (Å²) in [4.78, 5) is 16.7. The molecule has 4 rings (SSSR count). The number of hydrogen-bond donors (Lipinski definition) is 1. The van der Waals surface area contributed by atoms with E-state index in [-0.39, 0.29) is 11.8 Å². The van der Waals surface area contributed by atoms with Crippen LogP contribution in [-0.2, 0) is 16.1 Å². The average Bonchev–Trinajstić information content (AvgIpc) is 3.20. The van der Waals surface area contributed by atoms with Gasteiger partial charge in [0.05, 0.1) is 5.69 Å². The first-order valence-corrected chi connectivity index (χ1v) is 10.4. The van der Waals surface area contributed by atoms with Crippen LogP contribution in [0.3, 0.4) is 0 Å². The molecule has 1 aliphatic rings. The van der Waals surface area contributed by atoms with E-state index in [1.165, 1.54) is 0 Å². The second-order valence-corrected chi connectivity index (χ2v) is 7.47. The Balaban J connectivity index is 1.65. The van der Waals surface area contributed by atoms with Crippen molar-refractivity contribution in [1.82, 2.24) is 14.6 Å². The van der Waals surface area contributed by atoms with Crippen molar-refractivity contribution in [2.75, 3.05) is 5.32 Å². The van der Waals surface area contributed by atoms with Gasteiger partial charge in [0.25, 0.3) is 0 Å². The molecule has 1 atom stereocenters. The number of allylic oxidation sites excluding steroid dienone is 4. The van der Waals surface area contributed by atoms with E-state index in [4.69, 9.17) is 4.74 Å². The third-order valence-electron chi connectivity index (χ3n) is 5.31. The minimum absolute atomic E-state index is 0.0707. The van der Waals surface area contributed by atoms with Crippen molar-refractivity contribution in [1.29, 1.82) is 0 Å². The molecule has 154 valence electrons. The Bertz CT molecular complexity index is 1100. The van der Waals surface area contributed by atoms with E-state index >= 15 is 0 Å². The van der Waals surface area contributed by atoms with Gasteiger partial charge in [-0.05, 0) is 30.5 Å². The zero-order chi connectivity index (χ0) is 20.9. The molecule has 1 N–H and O–H groups in total. The van der Waals surface area contributed by atoms with Crippen LogP contribution in [0.25, 0.3) is 11.2 Å². The minimum Gasteiger partial charge on any atom is -0.493 e. The first-order chi connectivity index (χ1) is 14.7. The molecule has 1 aromatic carbocycles. The molecular weight excluding hydrogens is 376 g/mol. The van der Waals surface area contributed by atoms with Gasteiger partial charge in [0.2, 0.25) is 11.9 Å². The van der Waals surface area contributed by atoms with Crippen LogP contribution in [-0.4, -0.2) is 20.5 Å². The van der Waals surface area contributed by atoms with Gasteiger partial charge >= 0.3 is 0 Å². The fourth-order valence-corrected chi connectivity index (χ4v) is 3.35. The van der Waals surface area contributed by atoms with E-state index in [0.717, 1.165) is 41.9 Å². The summed E-state index contributed by atoms with van der Waals surface area (Å²) in [6.07, 6.45) is 6.77. The Kier molecular flexibility index (Phi) is 5.93. The van der Waals surface area contributed by atoms with Crippen LogP contribution in [0.15, 0.2) is 66.4 Å². The average molecular weight is 402 g/mol. The maximum Gasteiger partial charge on any atom is 0.249 e. The summed E-state index contributed by atoms with van der Waals surface area (Å²) in [5.41, 5.74) is 3.70. The van der Waals surface area contributed by atoms with E-state index < -0.39 is 0 Å². The van der Waals surface area contributed by atoms with Crippen molar-refractivity contribution in [3.05, 3.63) is 77.7 Å². The quantitative estimate of drug-likeness (QED) is 0.604. The third kappa shape index (κ3) is 4.27. The highest BCUT2D eigenvalue weighted by molar-refractivity contribution is 5.90. The number of carbonyl (C=O) groups excluding carboxylic acids is 1. The first-order valence-electron chi connectivity index (χ1n) is 10.4. The van der Waals surface area contributed by atoms with E-state index in [0.29, 0.717) is 18.2 Å². The minimum atomic E-state index is -0.0851. The van der Waals surface area contributed by atoms with Gasteiger partial charge in [0.15, 0.2) is 5.65 Å². The van der Waals surface area contributed by atoms with Crippen molar-refractivity contribution in [3.63, 3.8) is 0 Å². The highest BCUT2D eigenvalue weighted by Crippen LogP contribution is 2.29. The van der Waals surface area contributed by atoms with Crippen LogP contribution in [0.1, 0.15) is 44.4 Å². The van der Waals surface area contributed by atoms with Crippen molar-refractivity contribution in [2.24, 2.45) is 5.92 Å².